The van der Waals surface area contributed by atoms with Gasteiger partial charge >= 0.3 is 0 Å². The minimum Gasteiger partial charge on any atom is -0.507 e. The number of ketones is 1. The first-order chi connectivity index (χ1) is 8.97. The van der Waals surface area contributed by atoms with E-state index in [-0.39, 0.29) is 5.78 Å². The number of benzene rings is 1. The van der Waals surface area contributed by atoms with Crippen molar-refractivity contribution in [3.8, 4) is 5.75 Å². The molecule has 0 saturated heterocycles. The molecular formula is C15H16N2O2. The molecule has 19 heavy (non-hydrogen) atoms. The van der Waals surface area contributed by atoms with Crippen LogP contribution in [0.3, 0.4) is 0 Å². The Morgan fingerprint density at radius 2 is 1.95 bits per heavy atom. The Kier molecular flexibility index (Phi) is 3.51. The number of hydrogen-bond donors (Lipinski definition) is 1. The molecule has 0 amide bonds. The first-order valence-electron chi connectivity index (χ1n) is 5.98. The second-order valence-corrected chi connectivity index (χ2v) is 4.60. The van der Waals surface area contributed by atoms with E-state index < -0.39 is 0 Å². The predicted octanol–water partition coefficient (Wildman–Crippen LogP) is 2.64. The number of rotatable bonds is 3. The number of carbonyl (C=O) groups is 1. The third-order valence-electron chi connectivity index (χ3n) is 2.93. The lowest BCUT2D eigenvalue weighted by Crippen LogP contribution is -1.92. The maximum Gasteiger partial charge on any atom is 0.189 e. The van der Waals surface area contributed by atoms with E-state index in [4.69, 9.17) is 0 Å². The number of phenolic OH excluding ortho intramolecular Hbond substituents is 1. The van der Waals surface area contributed by atoms with Crippen LogP contribution in [0.1, 0.15) is 27.0 Å². The lowest BCUT2D eigenvalue weighted by Gasteiger charge is -2.04. The van der Waals surface area contributed by atoms with Crippen molar-refractivity contribution in [1.82, 2.24) is 9.78 Å². The van der Waals surface area contributed by atoms with E-state index in [2.05, 4.69) is 5.10 Å². The smallest absolute Gasteiger partial charge is 0.189 e. The number of aromatic nitrogens is 2. The van der Waals surface area contributed by atoms with Crippen LogP contribution in [0.5, 0.6) is 5.75 Å². The van der Waals surface area contributed by atoms with Gasteiger partial charge in [-0.25, -0.2) is 0 Å². The maximum atomic E-state index is 11.9. The lowest BCUT2D eigenvalue weighted by molar-refractivity contribution is 0.104. The van der Waals surface area contributed by atoms with E-state index in [9.17, 15) is 9.90 Å². The number of carbonyl (C=O) groups excluding carboxylic acids is 1. The molecule has 2 aromatic rings. The maximum absolute atomic E-state index is 11.9. The fraction of sp³-hybridized carbons (Fsp3) is 0.200. The average Bonchev–Trinajstić information content (AvgIpc) is 2.79. The number of nitrogens with zero attached hydrogens (tertiary/aromatic N) is 2. The Morgan fingerprint density at radius 3 is 2.47 bits per heavy atom. The highest BCUT2D eigenvalue weighted by Gasteiger charge is 2.05. The number of allylic oxidation sites excluding steroid dienone is 1. The summed E-state index contributed by atoms with van der Waals surface area (Å²) in [5.74, 6) is 0.215. The standard InChI is InChI=1S/C15H16N2O2/c1-10-6-12(7-11(2)15(10)19)4-5-14(18)13-8-16-17(3)9-13/h4-9,19H,1-3H3/b5-4+. The average molecular weight is 256 g/mol. The van der Waals surface area contributed by atoms with Gasteiger partial charge < -0.3 is 5.11 Å². The molecule has 1 aromatic carbocycles. The summed E-state index contributed by atoms with van der Waals surface area (Å²) in [5, 5.41) is 13.6. The number of aromatic hydroxyl groups is 1. The van der Waals surface area contributed by atoms with Gasteiger partial charge in [0.25, 0.3) is 0 Å². The van der Waals surface area contributed by atoms with Gasteiger partial charge in [-0.1, -0.05) is 6.08 Å². The summed E-state index contributed by atoms with van der Waals surface area (Å²) in [6, 6.07) is 3.69. The van der Waals surface area contributed by atoms with Gasteiger partial charge in [-0.15, -0.1) is 0 Å². The van der Waals surface area contributed by atoms with Crippen LogP contribution in [0.15, 0.2) is 30.6 Å². The third-order valence-corrected chi connectivity index (χ3v) is 2.93. The van der Waals surface area contributed by atoms with E-state index in [1.165, 1.54) is 6.08 Å². The van der Waals surface area contributed by atoms with E-state index in [1.807, 2.05) is 26.0 Å². The normalized spacial score (nSPS) is 11.1. The Balaban J connectivity index is 2.21. The van der Waals surface area contributed by atoms with Crippen molar-refractivity contribution in [2.45, 2.75) is 13.8 Å². The van der Waals surface area contributed by atoms with Gasteiger partial charge in [0.15, 0.2) is 5.78 Å². The van der Waals surface area contributed by atoms with Crippen molar-refractivity contribution in [2.75, 3.05) is 0 Å². The molecule has 0 atom stereocenters. The number of hydrogen-bond acceptors (Lipinski definition) is 3. The van der Waals surface area contributed by atoms with Gasteiger partial charge in [-0.05, 0) is 48.7 Å². The Morgan fingerprint density at radius 1 is 1.32 bits per heavy atom. The van der Waals surface area contributed by atoms with Crippen molar-refractivity contribution in [3.63, 3.8) is 0 Å². The second-order valence-electron chi connectivity index (χ2n) is 4.60. The largest absolute Gasteiger partial charge is 0.507 e. The molecule has 0 aliphatic rings. The minimum absolute atomic E-state index is 0.0866. The van der Waals surface area contributed by atoms with Crippen LogP contribution >= 0.6 is 0 Å². The molecule has 2 rings (SSSR count). The van der Waals surface area contributed by atoms with Crippen LogP contribution in [0, 0.1) is 13.8 Å². The Hall–Kier alpha value is -2.36. The molecule has 0 fully saturated rings. The summed E-state index contributed by atoms with van der Waals surface area (Å²) in [4.78, 5) is 11.9. The fourth-order valence-electron chi connectivity index (χ4n) is 1.90. The van der Waals surface area contributed by atoms with Crippen molar-refractivity contribution < 1.29 is 9.90 Å². The molecular weight excluding hydrogens is 240 g/mol. The van der Waals surface area contributed by atoms with E-state index in [1.54, 1.807) is 30.2 Å². The zero-order valence-electron chi connectivity index (χ0n) is 11.2. The number of aryl methyl sites for hydroxylation is 3. The second kappa shape index (κ2) is 5.10. The predicted molar refractivity (Wildman–Crippen MR) is 74.2 cm³/mol. The van der Waals surface area contributed by atoms with E-state index >= 15 is 0 Å². The summed E-state index contributed by atoms with van der Waals surface area (Å²) in [6.45, 7) is 3.67. The Labute approximate surface area is 112 Å². The van der Waals surface area contributed by atoms with E-state index in [0.717, 1.165) is 16.7 Å². The van der Waals surface area contributed by atoms with Crippen molar-refractivity contribution in [1.29, 1.82) is 0 Å². The molecule has 0 aliphatic carbocycles. The molecule has 0 spiro atoms. The molecule has 0 bridgehead atoms. The van der Waals surface area contributed by atoms with Gasteiger partial charge in [0.2, 0.25) is 0 Å². The van der Waals surface area contributed by atoms with Gasteiger partial charge in [0.1, 0.15) is 5.75 Å². The first kappa shape index (κ1) is 13.1. The minimum atomic E-state index is -0.0866. The molecule has 0 saturated carbocycles. The van der Waals surface area contributed by atoms with Crippen LogP contribution < -0.4 is 0 Å². The quantitative estimate of drug-likeness (QED) is 0.678. The molecule has 1 N–H and O–H groups in total. The van der Waals surface area contributed by atoms with Crippen molar-refractivity contribution >= 4 is 11.9 Å². The zero-order chi connectivity index (χ0) is 14.0. The summed E-state index contributed by atoms with van der Waals surface area (Å²) in [5.41, 5.74) is 3.05. The van der Waals surface area contributed by atoms with Crippen LogP contribution in [0.4, 0.5) is 0 Å². The first-order valence-corrected chi connectivity index (χ1v) is 5.98. The highest BCUT2D eigenvalue weighted by atomic mass is 16.3. The summed E-state index contributed by atoms with van der Waals surface area (Å²) in [6.07, 6.45) is 6.48. The topological polar surface area (TPSA) is 55.1 Å². The molecule has 1 aromatic heterocycles. The lowest BCUT2D eigenvalue weighted by atomic mass is 10.0. The highest BCUT2D eigenvalue weighted by molar-refractivity contribution is 6.06. The molecule has 0 radical (unpaired) electrons. The Bertz CT molecular complexity index is 631. The van der Waals surface area contributed by atoms with E-state index in [0.29, 0.717) is 11.3 Å². The summed E-state index contributed by atoms with van der Waals surface area (Å²) in [7, 11) is 1.77. The van der Waals surface area contributed by atoms with Gasteiger partial charge in [0, 0.05) is 13.2 Å². The number of phenols is 1. The van der Waals surface area contributed by atoms with Gasteiger partial charge in [-0.3, -0.25) is 9.48 Å². The SMILES string of the molecule is Cc1cc(/C=C/C(=O)c2cnn(C)c2)cc(C)c1O. The van der Waals surface area contributed by atoms with Crippen LogP contribution in [0.25, 0.3) is 6.08 Å². The molecule has 0 unspecified atom stereocenters. The highest BCUT2D eigenvalue weighted by Crippen LogP contribution is 2.23. The van der Waals surface area contributed by atoms with Crippen LogP contribution in [-0.2, 0) is 7.05 Å². The van der Waals surface area contributed by atoms with Crippen molar-refractivity contribution in [3.05, 3.63) is 52.9 Å². The molecule has 4 heteroatoms. The van der Waals surface area contributed by atoms with Gasteiger partial charge in [0.05, 0.1) is 11.8 Å². The molecule has 1 heterocycles. The van der Waals surface area contributed by atoms with Crippen molar-refractivity contribution in [2.24, 2.45) is 7.05 Å². The summed E-state index contributed by atoms with van der Waals surface area (Å²) >= 11 is 0. The fourth-order valence-corrected chi connectivity index (χ4v) is 1.90. The zero-order valence-corrected chi connectivity index (χ0v) is 11.2. The summed E-state index contributed by atoms with van der Waals surface area (Å²) < 4.78 is 1.59. The monoisotopic (exact) mass is 256 g/mol. The third kappa shape index (κ3) is 2.91. The van der Waals surface area contributed by atoms with Crippen LogP contribution in [0.2, 0.25) is 0 Å². The van der Waals surface area contributed by atoms with Gasteiger partial charge in [-0.2, -0.15) is 5.10 Å². The molecule has 4 nitrogen and oxygen atoms in total. The molecule has 98 valence electrons. The molecule has 0 aliphatic heterocycles. The van der Waals surface area contributed by atoms with Crippen LogP contribution in [-0.4, -0.2) is 20.7 Å².